The van der Waals surface area contributed by atoms with Crippen LogP contribution in [0.5, 0.6) is 5.75 Å². The Morgan fingerprint density at radius 3 is 2.68 bits per heavy atom. The molecule has 3 nitrogen and oxygen atoms in total. The van der Waals surface area contributed by atoms with E-state index in [1.54, 1.807) is 4.90 Å². The van der Waals surface area contributed by atoms with E-state index in [4.69, 9.17) is 16.3 Å². The minimum atomic E-state index is 0.158. The van der Waals surface area contributed by atoms with Crippen LogP contribution in [0.4, 0.5) is 0 Å². The van der Waals surface area contributed by atoms with Crippen LogP contribution in [0.25, 0.3) is 0 Å². The summed E-state index contributed by atoms with van der Waals surface area (Å²) in [6.45, 7) is 6.49. The van der Waals surface area contributed by atoms with Crippen LogP contribution >= 0.6 is 11.6 Å². The smallest absolute Gasteiger partial charge is 0.222 e. The van der Waals surface area contributed by atoms with Crippen molar-refractivity contribution in [2.45, 2.75) is 39.7 Å². The Morgan fingerprint density at radius 2 is 2.11 bits per heavy atom. The molecule has 1 aromatic carbocycles. The van der Waals surface area contributed by atoms with E-state index < -0.39 is 0 Å². The molecular weight excluding hydrogens is 262 g/mol. The summed E-state index contributed by atoms with van der Waals surface area (Å²) in [7, 11) is 1.83. The second kappa shape index (κ2) is 7.39. The Hall–Kier alpha value is -1.22. The van der Waals surface area contributed by atoms with Gasteiger partial charge in [-0.3, -0.25) is 4.79 Å². The van der Waals surface area contributed by atoms with Gasteiger partial charge in [0.05, 0.1) is 6.61 Å². The number of carbonyl (C=O) groups is 1. The van der Waals surface area contributed by atoms with Gasteiger partial charge in [0.2, 0.25) is 5.91 Å². The maximum atomic E-state index is 11.7. The van der Waals surface area contributed by atoms with Crippen molar-refractivity contribution in [3.63, 3.8) is 0 Å². The molecule has 0 aliphatic rings. The van der Waals surface area contributed by atoms with Gasteiger partial charge in [0.25, 0.3) is 0 Å². The van der Waals surface area contributed by atoms with E-state index >= 15 is 0 Å². The number of amides is 1. The van der Waals surface area contributed by atoms with E-state index in [-0.39, 0.29) is 11.9 Å². The first-order chi connectivity index (χ1) is 8.91. The third-order valence-corrected chi connectivity index (χ3v) is 3.53. The van der Waals surface area contributed by atoms with Gasteiger partial charge in [-0.2, -0.15) is 0 Å². The maximum absolute atomic E-state index is 11.7. The second-order valence-electron chi connectivity index (χ2n) is 4.96. The Bertz CT molecular complexity index is 432. The molecule has 1 aromatic rings. The van der Waals surface area contributed by atoms with Crippen molar-refractivity contribution in [1.29, 1.82) is 0 Å². The molecule has 0 radical (unpaired) electrons. The first-order valence-electron chi connectivity index (χ1n) is 6.56. The van der Waals surface area contributed by atoms with Gasteiger partial charge >= 0.3 is 0 Å². The van der Waals surface area contributed by atoms with Gasteiger partial charge in [0.15, 0.2) is 0 Å². The molecule has 0 spiro atoms. The van der Waals surface area contributed by atoms with Gasteiger partial charge in [-0.1, -0.05) is 11.6 Å². The molecule has 0 aliphatic carbocycles. The van der Waals surface area contributed by atoms with Crippen LogP contribution in [0.2, 0.25) is 5.02 Å². The molecule has 0 saturated carbocycles. The summed E-state index contributed by atoms with van der Waals surface area (Å²) in [5, 5.41) is 0.737. The summed E-state index contributed by atoms with van der Waals surface area (Å²) in [4.78, 5) is 13.5. The fraction of sp³-hybridized carbons (Fsp3) is 0.533. The molecule has 1 rings (SSSR count). The van der Waals surface area contributed by atoms with Gasteiger partial charge < -0.3 is 9.64 Å². The normalized spacial score (nSPS) is 10.6. The van der Waals surface area contributed by atoms with Crippen LogP contribution in [-0.2, 0) is 4.79 Å². The molecule has 4 heteroatoms. The van der Waals surface area contributed by atoms with E-state index in [2.05, 4.69) is 0 Å². The molecule has 0 heterocycles. The number of nitrogens with zero attached hydrogens (tertiary/aromatic N) is 1. The summed E-state index contributed by atoms with van der Waals surface area (Å²) in [6.07, 6.45) is 1.23. The van der Waals surface area contributed by atoms with E-state index in [1.165, 1.54) is 0 Å². The number of carbonyl (C=O) groups excluding carboxylic acids is 1. The zero-order chi connectivity index (χ0) is 14.4. The quantitative estimate of drug-likeness (QED) is 0.746. The first kappa shape index (κ1) is 15.8. The highest BCUT2D eigenvalue weighted by Crippen LogP contribution is 2.21. The monoisotopic (exact) mass is 283 g/mol. The summed E-state index contributed by atoms with van der Waals surface area (Å²) in [6, 6.07) is 5.82. The first-order valence-corrected chi connectivity index (χ1v) is 6.94. The molecule has 1 amide bonds. The number of aryl methyl sites for hydroxylation is 1. The van der Waals surface area contributed by atoms with Gasteiger partial charge in [-0.05, 0) is 51.0 Å². The van der Waals surface area contributed by atoms with Crippen molar-refractivity contribution in [3.8, 4) is 5.75 Å². The van der Waals surface area contributed by atoms with Crippen molar-refractivity contribution >= 4 is 17.5 Å². The van der Waals surface area contributed by atoms with Crippen molar-refractivity contribution < 1.29 is 9.53 Å². The molecule has 0 bridgehead atoms. The topological polar surface area (TPSA) is 29.5 Å². The molecule has 106 valence electrons. The molecule has 0 aliphatic heterocycles. The molecular formula is C15H22ClNO2. The van der Waals surface area contributed by atoms with E-state index in [0.717, 1.165) is 22.8 Å². The third-order valence-electron chi connectivity index (χ3n) is 3.10. The van der Waals surface area contributed by atoms with Crippen LogP contribution in [-0.4, -0.2) is 30.5 Å². The van der Waals surface area contributed by atoms with Crippen LogP contribution in [0, 0.1) is 6.92 Å². The predicted molar refractivity (Wildman–Crippen MR) is 78.8 cm³/mol. The lowest BCUT2D eigenvalue weighted by Gasteiger charge is -2.21. The van der Waals surface area contributed by atoms with Crippen molar-refractivity contribution in [1.82, 2.24) is 4.90 Å². The number of hydrogen-bond donors (Lipinski definition) is 0. The average molecular weight is 284 g/mol. The van der Waals surface area contributed by atoms with Crippen LogP contribution in [0.1, 0.15) is 32.3 Å². The summed E-state index contributed by atoms with van der Waals surface area (Å²) < 4.78 is 5.60. The summed E-state index contributed by atoms with van der Waals surface area (Å²) in [5.74, 6) is 0.956. The average Bonchev–Trinajstić information content (AvgIpc) is 2.37. The van der Waals surface area contributed by atoms with E-state index in [0.29, 0.717) is 13.0 Å². The Balaban J connectivity index is 2.31. The molecule has 0 unspecified atom stereocenters. The number of hydrogen-bond acceptors (Lipinski definition) is 2. The fourth-order valence-electron chi connectivity index (χ4n) is 1.58. The lowest BCUT2D eigenvalue weighted by Crippen LogP contribution is -2.32. The van der Waals surface area contributed by atoms with Gasteiger partial charge in [-0.15, -0.1) is 0 Å². The van der Waals surface area contributed by atoms with Crippen molar-refractivity contribution in [2.75, 3.05) is 13.7 Å². The Morgan fingerprint density at radius 1 is 1.42 bits per heavy atom. The Kier molecular flexibility index (Phi) is 6.16. The molecule has 0 fully saturated rings. The number of rotatable bonds is 6. The minimum absolute atomic E-state index is 0.158. The van der Waals surface area contributed by atoms with Crippen LogP contribution in [0.15, 0.2) is 18.2 Å². The highest BCUT2D eigenvalue weighted by atomic mass is 35.5. The van der Waals surface area contributed by atoms with Gasteiger partial charge in [0, 0.05) is 24.5 Å². The van der Waals surface area contributed by atoms with Crippen LogP contribution in [0.3, 0.4) is 0 Å². The lowest BCUT2D eigenvalue weighted by molar-refractivity contribution is -0.131. The Labute approximate surface area is 120 Å². The maximum Gasteiger partial charge on any atom is 0.222 e. The zero-order valence-corrected chi connectivity index (χ0v) is 12.8. The van der Waals surface area contributed by atoms with Gasteiger partial charge in [0.1, 0.15) is 5.75 Å². The molecule has 19 heavy (non-hydrogen) atoms. The predicted octanol–water partition coefficient (Wildman–Crippen LogP) is 3.67. The standard InChI is InChI=1S/C15H22ClNO2/c1-11(2)17(4)15(18)6-5-9-19-13-7-8-14(16)12(3)10-13/h7-8,10-11H,5-6,9H2,1-4H3. The number of ether oxygens (including phenoxy) is 1. The van der Waals surface area contributed by atoms with Gasteiger partial charge in [-0.25, -0.2) is 0 Å². The zero-order valence-electron chi connectivity index (χ0n) is 12.1. The van der Waals surface area contributed by atoms with E-state index in [9.17, 15) is 4.79 Å². The van der Waals surface area contributed by atoms with Crippen molar-refractivity contribution in [3.05, 3.63) is 28.8 Å². The highest BCUT2D eigenvalue weighted by Gasteiger charge is 2.11. The molecule has 0 N–H and O–H groups in total. The third kappa shape index (κ3) is 5.11. The van der Waals surface area contributed by atoms with E-state index in [1.807, 2.05) is 46.0 Å². The molecule has 0 saturated heterocycles. The second-order valence-corrected chi connectivity index (χ2v) is 5.37. The largest absolute Gasteiger partial charge is 0.494 e. The molecule has 0 aromatic heterocycles. The summed E-state index contributed by atoms with van der Waals surface area (Å²) >= 11 is 5.94. The SMILES string of the molecule is Cc1cc(OCCCC(=O)N(C)C(C)C)ccc1Cl. The molecule has 0 atom stereocenters. The summed E-state index contributed by atoms with van der Waals surface area (Å²) in [5.41, 5.74) is 0.995. The number of halogens is 1. The van der Waals surface area contributed by atoms with Crippen LogP contribution < -0.4 is 4.74 Å². The minimum Gasteiger partial charge on any atom is -0.494 e. The fourth-order valence-corrected chi connectivity index (χ4v) is 1.70. The van der Waals surface area contributed by atoms with Crippen molar-refractivity contribution in [2.24, 2.45) is 0 Å². The number of benzene rings is 1. The lowest BCUT2D eigenvalue weighted by atomic mass is 10.2. The highest BCUT2D eigenvalue weighted by molar-refractivity contribution is 6.31.